The van der Waals surface area contributed by atoms with Crippen molar-refractivity contribution >= 4 is 34.3 Å². The number of carbonyl (C=O) groups is 3. The molecule has 0 bridgehead atoms. The number of aryl methyl sites for hydroxylation is 1. The number of imide groups is 1. The largest absolute Gasteiger partial charge is 0.324 e. The fourth-order valence-electron chi connectivity index (χ4n) is 2.92. The maximum atomic E-state index is 12.1. The van der Waals surface area contributed by atoms with Gasteiger partial charge in [0.2, 0.25) is 17.7 Å². The van der Waals surface area contributed by atoms with E-state index in [9.17, 15) is 14.4 Å². The summed E-state index contributed by atoms with van der Waals surface area (Å²) in [4.78, 5) is 35.1. The normalized spacial score (nSPS) is 18.1. The Hall–Kier alpha value is -2.70. The number of benzene rings is 1. The highest BCUT2D eigenvalue weighted by atomic mass is 16.2. The van der Waals surface area contributed by atoms with E-state index in [1.165, 1.54) is 0 Å². The van der Waals surface area contributed by atoms with Crippen LogP contribution >= 0.6 is 0 Å². The number of fused-ring (bicyclic) bond motifs is 1. The van der Waals surface area contributed by atoms with E-state index in [0.717, 1.165) is 10.9 Å². The molecule has 2 aromatic rings. The first-order chi connectivity index (χ1) is 11.0. The molecule has 2 N–H and O–H groups in total. The molecule has 1 aliphatic heterocycles. The molecule has 120 valence electrons. The molecule has 7 heteroatoms. The van der Waals surface area contributed by atoms with E-state index in [4.69, 9.17) is 0 Å². The number of carbonyl (C=O) groups excluding carboxylic acids is 3. The van der Waals surface area contributed by atoms with Gasteiger partial charge in [-0.1, -0.05) is 19.1 Å². The standard InChI is InChI=1S/C16H18N4O3/c1-3-12(21)17-11-6-4-5-9-14(19-20(2)15(9)11)10-7-8-13(22)18-16(10)23/h4-6,10H,3,7-8H2,1-2H3,(H,17,21)(H,18,22,23). The highest BCUT2D eigenvalue weighted by Gasteiger charge is 2.31. The summed E-state index contributed by atoms with van der Waals surface area (Å²) in [6, 6.07) is 5.51. The summed E-state index contributed by atoms with van der Waals surface area (Å²) in [5.41, 5.74) is 2.08. The fourth-order valence-corrected chi connectivity index (χ4v) is 2.92. The van der Waals surface area contributed by atoms with Crippen LogP contribution in [0.4, 0.5) is 5.69 Å². The van der Waals surface area contributed by atoms with Crippen LogP contribution in [-0.4, -0.2) is 27.5 Å². The summed E-state index contributed by atoms with van der Waals surface area (Å²) >= 11 is 0. The van der Waals surface area contributed by atoms with Gasteiger partial charge in [-0.2, -0.15) is 5.10 Å². The molecule has 1 aromatic carbocycles. The number of aromatic nitrogens is 2. The number of hydrogen-bond donors (Lipinski definition) is 2. The number of hydrogen-bond acceptors (Lipinski definition) is 4. The summed E-state index contributed by atoms with van der Waals surface area (Å²) in [6.07, 6.45) is 1.14. The number of piperidine rings is 1. The minimum absolute atomic E-state index is 0.0822. The molecule has 2 heterocycles. The van der Waals surface area contributed by atoms with Crippen molar-refractivity contribution in [3.63, 3.8) is 0 Å². The highest BCUT2D eigenvalue weighted by molar-refractivity contribution is 6.05. The van der Waals surface area contributed by atoms with E-state index in [-0.39, 0.29) is 17.7 Å². The molecule has 0 saturated carbocycles. The molecule has 1 fully saturated rings. The topological polar surface area (TPSA) is 93.1 Å². The molecule has 3 amide bonds. The molecule has 1 saturated heterocycles. The average Bonchev–Trinajstić information content (AvgIpc) is 2.85. The first-order valence-electron chi connectivity index (χ1n) is 7.60. The second-order valence-corrected chi connectivity index (χ2v) is 5.62. The van der Waals surface area contributed by atoms with E-state index < -0.39 is 5.92 Å². The van der Waals surface area contributed by atoms with Gasteiger partial charge in [0.1, 0.15) is 0 Å². The van der Waals surface area contributed by atoms with Gasteiger partial charge in [-0.15, -0.1) is 0 Å². The molecule has 23 heavy (non-hydrogen) atoms. The smallest absolute Gasteiger partial charge is 0.235 e. The Morgan fingerprint density at radius 2 is 2.22 bits per heavy atom. The zero-order chi connectivity index (χ0) is 16.6. The Labute approximate surface area is 133 Å². The van der Waals surface area contributed by atoms with Crippen LogP contribution in [0.2, 0.25) is 0 Å². The number of rotatable bonds is 3. The molecule has 0 radical (unpaired) electrons. The molecule has 1 unspecified atom stereocenters. The van der Waals surface area contributed by atoms with Crippen molar-refractivity contribution in [2.24, 2.45) is 7.05 Å². The molecule has 0 spiro atoms. The van der Waals surface area contributed by atoms with Gasteiger partial charge in [0.05, 0.1) is 22.8 Å². The van der Waals surface area contributed by atoms with Gasteiger partial charge >= 0.3 is 0 Å². The van der Waals surface area contributed by atoms with Gasteiger partial charge in [0.25, 0.3) is 0 Å². The van der Waals surface area contributed by atoms with Crippen molar-refractivity contribution in [2.45, 2.75) is 32.1 Å². The lowest BCUT2D eigenvalue weighted by Gasteiger charge is -2.19. The Morgan fingerprint density at radius 3 is 2.91 bits per heavy atom. The van der Waals surface area contributed by atoms with Crippen LogP contribution in [0.3, 0.4) is 0 Å². The van der Waals surface area contributed by atoms with Crippen LogP contribution in [0.1, 0.15) is 37.8 Å². The third kappa shape index (κ3) is 2.69. The summed E-state index contributed by atoms with van der Waals surface area (Å²) in [6.45, 7) is 1.79. The summed E-state index contributed by atoms with van der Waals surface area (Å²) in [5, 5.41) is 10.5. The van der Waals surface area contributed by atoms with Crippen molar-refractivity contribution in [2.75, 3.05) is 5.32 Å². The Bertz CT molecular complexity index is 809. The zero-order valence-corrected chi connectivity index (χ0v) is 13.0. The van der Waals surface area contributed by atoms with E-state index in [1.807, 2.05) is 18.2 Å². The lowest BCUT2D eigenvalue weighted by Crippen LogP contribution is -2.39. The summed E-state index contributed by atoms with van der Waals surface area (Å²) in [5.74, 6) is -1.10. The zero-order valence-electron chi connectivity index (χ0n) is 13.0. The maximum absolute atomic E-state index is 12.1. The van der Waals surface area contributed by atoms with E-state index >= 15 is 0 Å². The SMILES string of the molecule is CCC(=O)Nc1cccc2c(C3CCC(=O)NC3=O)nn(C)c12. The van der Waals surface area contributed by atoms with Gasteiger partial charge in [0, 0.05) is 25.3 Å². The maximum Gasteiger partial charge on any atom is 0.235 e. The van der Waals surface area contributed by atoms with E-state index in [1.54, 1.807) is 18.7 Å². The van der Waals surface area contributed by atoms with Crippen molar-refractivity contribution in [3.8, 4) is 0 Å². The van der Waals surface area contributed by atoms with E-state index in [2.05, 4.69) is 15.7 Å². The monoisotopic (exact) mass is 314 g/mol. The number of amides is 3. The van der Waals surface area contributed by atoms with Crippen LogP contribution in [0.25, 0.3) is 10.9 Å². The van der Waals surface area contributed by atoms with Crippen molar-refractivity contribution in [3.05, 3.63) is 23.9 Å². The van der Waals surface area contributed by atoms with Gasteiger partial charge in [-0.25, -0.2) is 0 Å². The predicted octanol–water partition coefficient (Wildman–Crippen LogP) is 1.44. The van der Waals surface area contributed by atoms with Gasteiger partial charge in [0.15, 0.2) is 0 Å². The number of anilines is 1. The third-order valence-electron chi connectivity index (χ3n) is 4.06. The van der Waals surface area contributed by atoms with Crippen LogP contribution in [0, 0.1) is 0 Å². The molecule has 7 nitrogen and oxygen atoms in total. The summed E-state index contributed by atoms with van der Waals surface area (Å²) < 4.78 is 1.67. The average molecular weight is 314 g/mol. The lowest BCUT2D eigenvalue weighted by molar-refractivity contribution is -0.134. The second kappa shape index (κ2) is 5.83. The molecular weight excluding hydrogens is 296 g/mol. The lowest BCUT2D eigenvalue weighted by atomic mass is 9.92. The third-order valence-corrected chi connectivity index (χ3v) is 4.06. The molecule has 0 aliphatic carbocycles. The van der Waals surface area contributed by atoms with Gasteiger partial charge in [-0.3, -0.25) is 24.4 Å². The quantitative estimate of drug-likeness (QED) is 0.838. The molecule has 1 atom stereocenters. The molecular formula is C16H18N4O3. The Kier molecular flexibility index (Phi) is 3.85. The number of nitrogens with zero attached hydrogens (tertiary/aromatic N) is 2. The molecule has 1 aromatic heterocycles. The molecule has 3 rings (SSSR count). The van der Waals surface area contributed by atoms with Crippen LogP contribution in [0.5, 0.6) is 0 Å². The van der Waals surface area contributed by atoms with Crippen molar-refractivity contribution < 1.29 is 14.4 Å². The Balaban J connectivity index is 2.06. The second-order valence-electron chi connectivity index (χ2n) is 5.62. The predicted molar refractivity (Wildman–Crippen MR) is 84.8 cm³/mol. The minimum Gasteiger partial charge on any atom is -0.324 e. The van der Waals surface area contributed by atoms with Crippen LogP contribution in [0.15, 0.2) is 18.2 Å². The van der Waals surface area contributed by atoms with Gasteiger partial charge < -0.3 is 5.32 Å². The fraction of sp³-hybridized carbons (Fsp3) is 0.375. The first kappa shape index (κ1) is 15.2. The highest BCUT2D eigenvalue weighted by Crippen LogP contribution is 2.33. The summed E-state index contributed by atoms with van der Waals surface area (Å²) in [7, 11) is 1.78. The van der Waals surface area contributed by atoms with Gasteiger partial charge in [-0.05, 0) is 12.5 Å². The first-order valence-corrected chi connectivity index (χ1v) is 7.60. The van der Waals surface area contributed by atoms with Crippen LogP contribution in [-0.2, 0) is 21.4 Å². The van der Waals surface area contributed by atoms with Crippen molar-refractivity contribution in [1.29, 1.82) is 0 Å². The Morgan fingerprint density at radius 1 is 1.43 bits per heavy atom. The van der Waals surface area contributed by atoms with Crippen molar-refractivity contribution in [1.82, 2.24) is 15.1 Å². The molecule has 1 aliphatic rings. The van der Waals surface area contributed by atoms with Crippen LogP contribution < -0.4 is 10.6 Å². The van der Waals surface area contributed by atoms with E-state index in [0.29, 0.717) is 30.6 Å². The number of para-hydroxylation sites is 1. The minimum atomic E-state index is -0.450. The number of nitrogens with one attached hydrogen (secondary N) is 2.